The highest BCUT2D eigenvalue weighted by molar-refractivity contribution is 8.00. The third-order valence-electron chi connectivity index (χ3n) is 4.37. The van der Waals surface area contributed by atoms with Gasteiger partial charge in [0.2, 0.25) is 5.91 Å². The molecule has 1 aliphatic rings. The fraction of sp³-hybridized carbons (Fsp3) is 0.235. The van der Waals surface area contributed by atoms with Crippen LogP contribution in [0.5, 0.6) is 0 Å². The Morgan fingerprint density at radius 1 is 1.23 bits per heavy atom. The van der Waals surface area contributed by atoms with E-state index in [4.69, 9.17) is 0 Å². The van der Waals surface area contributed by atoms with Crippen molar-refractivity contribution in [3.05, 3.63) is 35.0 Å². The van der Waals surface area contributed by atoms with Gasteiger partial charge < -0.3 is 5.32 Å². The molecule has 6 nitrogen and oxygen atoms in total. The summed E-state index contributed by atoms with van der Waals surface area (Å²) in [5, 5.41) is 4.99. The van der Waals surface area contributed by atoms with Crippen LogP contribution < -0.4 is 5.32 Å². The lowest BCUT2D eigenvalue weighted by molar-refractivity contribution is -0.113. The van der Waals surface area contributed by atoms with Gasteiger partial charge in [0.1, 0.15) is 27.2 Å². The van der Waals surface area contributed by atoms with E-state index in [-0.39, 0.29) is 5.91 Å². The maximum Gasteiger partial charge on any atom is 0.234 e. The number of carbonyl (C=O) groups excluding carboxylic acids is 1. The van der Waals surface area contributed by atoms with Gasteiger partial charge in [0, 0.05) is 10.3 Å². The van der Waals surface area contributed by atoms with E-state index in [2.05, 4.69) is 24.0 Å². The predicted octanol–water partition coefficient (Wildman–Crippen LogP) is 3.92. The summed E-state index contributed by atoms with van der Waals surface area (Å²) in [4.78, 5) is 23.7. The van der Waals surface area contributed by atoms with Crippen molar-refractivity contribution in [3.63, 3.8) is 0 Å². The normalized spacial score (nSPS) is 13.4. The molecule has 130 valence electrons. The molecule has 0 radical (unpaired) electrons. The first-order valence-electron chi connectivity index (χ1n) is 8.19. The largest absolute Gasteiger partial charge is 0.323 e. The summed E-state index contributed by atoms with van der Waals surface area (Å²) < 4.78 is 8.45. The van der Waals surface area contributed by atoms with E-state index < -0.39 is 0 Å². The van der Waals surface area contributed by atoms with E-state index in [1.54, 1.807) is 17.7 Å². The molecule has 0 bridgehead atoms. The van der Waals surface area contributed by atoms with Crippen LogP contribution in [0.3, 0.4) is 0 Å². The average molecular weight is 400 g/mol. The van der Waals surface area contributed by atoms with Crippen molar-refractivity contribution in [2.24, 2.45) is 0 Å². The zero-order chi connectivity index (χ0) is 17.5. The maximum absolute atomic E-state index is 12.4. The number of thiophene rings is 1. The monoisotopic (exact) mass is 399 g/mol. The number of anilines is 1. The van der Waals surface area contributed by atoms with Crippen LogP contribution in [0.4, 0.5) is 5.69 Å². The average Bonchev–Trinajstić information content (AvgIpc) is 3.35. The Bertz CT molecular complexity index is 1140. The maximum atomic E-state index is 12.4. The summed E-state index contributed by atoms with van der Waals surface area (Å²) >= 11 is 4.37. The third-order valence-corrected chi connectivity index (χ3v) is 7.10. The van der Waals surface area contributed by atoms with Crippen LogP contribution in [0.1, 0.15) is 16.9 Å². The smallest absolute Gasteiger partial charge is 0.234 e. The van der Waals surface area contributed by atoms with Crippen molar-refractivity contribution < 1.29 is 4.79 Å². The van der Waals surface area contributed by atoms with Crippen LogP contribution in [0, 0.1) is 0 Å². The molecule has 3 heterocycles. The highest BCUT2D eigenvalue weighted by atomic mass is 32.2. The molecule has 1 aliphatic carbocycles. The molecule has 1 N–H and O–H groups in total. The molecule has 0 aliphatic heterocycles. The number of thioether (sulfide) groups is 1. The topological polar surface area (TPSA) is 80.7 Å². The third kappa shape index (κ3) is 2.76. The number of aromatic nitrogens is 4. The molecule has 0 saturated carbocycles. The number of nitrogens with one attached hydrogen (secondary N) is 1. The number of nitrogens with zero attached hydrogens (tertiary/aromatic N) is 4. The molecule has 5 rings (SSSR count). The molecule has 1 aromatic carbocycles. The SMILES string of the molecule is O=C(CSc1ncnc2sc3c(c12)CCC3)Nc1cccc2nsnc12. The first kappa shape index (κ1) is 16.1. The fourth-order valence-corrected chi connectivity index (χ4v) is 5.91. The molecule has 3 aromatic heterocycles. The van der Waals surface area contributed by atoms with Gasteiger partial charge in [-0.15, -0.1) is 11.3 Å². The van der Waals surface area contributed by atoms with Gasteiger partial charge in [0.15, 0.2) is 0 Å². The summed E-state index contributed by atoms with van der Waals surface area (Å²) in [5.41, 5.74) is 3.61. The van der Waals surface area contributed by atoms with Crippen LogP contribution >= 0.6 is 34.8 Å². The van der Waals surface area contributed by atoms with Gasteiger partial charge in [0.25, 0.3) is 0 Å². The minimum Gasteiger partial charge on any atom is -0.323 e. The fourth-order valence-electron chi connectivity index (χ4n) is 3.24. The number of aryl methyl sites for hydroxylation is 2. The van der Waals surface area contributed by atoms with Crippen molar-refractivity contribution in [1.82, 2.24) is 18.7 Å². The molecule has 0 unspecified atom stereocenters. The second kappa shape index (κ2) is 6.57. The second-order valence-corrected chi connectivity index (χ2v) is 8.57. The first-order chi connectivity index (χ1) is 12.8. The summed E-state index contributed by atoms with van der Waals surface area (Å²) in [6, 6.07) is 5.61. The molecular weight excluding hydrogens is 386 g/mol. The van der Waals surface area contributed by atoms with E-state index >= 15 is 0 Å². The molecule has 26 heavy (non-hydrogen) atoms. The Hall–Kier alpha value is -2.10. The van der Waals surface area contributed by atoms with Gasteiger partial charge in [-0.05, 0) is 37.0 Å². The van der Waals surface area contributed by atoms with Crippen molar-refractivity contribution in [3.8, 4) is 0 Å². The number of amides is 1. The number of fused-ring (bicyclic) bond motifs is 4. The molecule has 0 spiro atoms. The lowest BCUT2D eigenvalue weighted by Gasteiger charge is -2.06. The Morgan fingerprint density at radius 3 is 3.15 bits per heavy atom. The Morgan fingerprint density at radius 2 is 2.19 bits per heavy atom. The molecule has 1 amide bonds. The first-order valence-corrected chi connectivity index (χ1v) is 10.7. The van der Waals surface area contributed by atoms with Gasteiger partial charge in [-0.2, -0.15) is 8.75 Å². The van der Waals surface area contributed by atoms with Crippen molar-refractivity contribution in [1.29, 1.82) is 0 Å². The van der Waals surface area contributed by atoms with Crippen molar-refractivity contribution in [2.45, 2.75) is 24.3 Å². The lowest BCUT2D eigenvalue weighted by atomic mass is 10.2. The zero-order valence-electron chi connectivity index (χ0n) is 13.6. The van der Waals surface area contributed by atoms with E-state index in [0.717, 1.165) is 50.8 Å². The van der Waals surface area contributed by atoms with E-state index in [1.807, 2.05) is 18.2 Å². The Labute approximate surface area is 161 Å². The van der Waals surface area contributed by atoms with Gasteiger partial charge >= 0.3 is 0 Å². The van der Waals surface area contributed by atoms with Gasteiger partial charge in [-0.1, -0.05) is 17.8 Å². The molecule has 0 fully saturated rings. The minimum absolute atomic E-state index is 0.0749. The Kier molecular flexibility index (Phi) is 4.07. The van der Waals surface area contributed by atoms with Crippen molar-refractivity contribution in [2.75, 3.05) is 11.1 Å². The number of hydrogen-bond acceptors (Lipinski definition) is 8. The molecule has 4 aromatic rings. The quantitative estimate of drug-likeness (QED) is 0.414. The molecule has 0 saturated heterocycles. The van der Waals surface area contributed by atoms with E-state index in [9.17, 15) is 4.79 Å². The molecule has 9 heteroatoms. The highest BCUT2D eigenvalue weighted by Crippen LogP contribution is 2.40. The number of hydrogen-bond donors (Lipinski definition) is 1. The van der Waals surface area contributed by atoms with Crippen LogP contribution in [0.15, 0.2) is 29.6 Å². The summed E-state index contributed by atoms with van der Waals surface area (Å²) in [6.07, 6.45) is 5.01. The summed E-state index contributed by atoms with van der Waals surface area (Å²) in [7, 11) is 0. The number of rotatable bonds is 4. The number of carbonyl (C=O) groups is 1. The predicted molar refractivity (Wildman–Crippen MR) is 106 cm³/mol. The summed E-state index contributed by atoms with van der Waals surface area (Å²) in [5.74, 6) is 0.221. The van der Waals surface area contributed by atoms with Crippen LogP contribution in [0.25, 0.3) is 21.3 Å². The standard InChI is InChI=1S/C17H13N5OS3/c23-13(20-10-4-2-5-11-15(10)22-26-21-11)7-24-16-14-9-3-1-6-12(9)25-17(14)19-8-18-16/h2,4-5,8H,1,3,6-7H2,(H,20,23). The van der Waals surface area contributed by atoms with Crippen LogP contribution in [-0.2, 0) is 17.6 Å². The van der Waals surface area contributed by atoms with Crippen LogP contribution in [0.2, 0.25) is 0 Å². The lowest BCUT2D eigenvalue weighted by Crippen LogP contribution is -2.14. The second-order valence-electron chi connectivity index (χ2n) is 5.99. The van der Waals surface area contributed by atoms with E-state index in [1.165, 1.54) is 28.6 Å². The Balaban J connectivity index is 1.36. The van der Waals surface area contributed by atoms with Crippen molar-refractivity contribution >= 4 is 67.7 Å². The van der Waals surface area contributed by atoms with Gasteiger partial charge in [-0.25, -0.2) is 9.97 Å². The van der Waals surface area contributed by atoms with Crippen LogP contribution in [-0.4, -0.2) is 30.4 Å². The minimum atomic E-state index is -0.0749. The molecule has 0 atom stereocenters. The summed E-state index contributed by atoms with van der Waals surface area (Å²) in [6.45, 7) is 0. The van der Waals surface area contributed by atoms with E-state index in [0.29, 0.717) is 11.4 Å². The van der Waals surface area contributed by atoms with Gasteiger partial charge in [-0.3, -0.25) is 4.79 Å². The van der Waals surface area contributed by atoms with Gasteiger partial charge in [0.05, 0.1) is 23.2 Å². The zero-order valence-corrected chi connectivity index (χ0v) is 16.0. The molecular formula is C17H13N5OS3. The number of benzene rings is 1. The highest BCUT2D eigenvalue weighted by Gasteiger charge is 2.21.